The van der Waals surface area contributed by atoms with E-state index >= 15 is 0 Å². The molecule has 0 bridgehead atoms. The maximum Gasteiger partial charge on any atom is 0.129 e. The summed E-state index contributed by atoms with van der Waals surface area (Å²) >= 11 is 0. The van der Waals surface area contributed by atoms with Crippen molar-refractivity contribution in [1.82, 2.24) is 0 Å². The van der Waals surface area contributed by atoms with Gasteiger partial charge in [0.25, 0.3) is 0 Å². The second-order valence-corrected chi connectivity index (χ2v) is 3.02. The Balaban J connectivity index is 2.44. The van der Waals surface area contributed by atoms with Crippen molar-refractivity contribution >= 4 is 0 Å². The number of hydrogen-bond acceptors (Lipinski definition) is 2. The number of halogens is 1. The average Bonchev–Trinajstić information content (AvgIpc) is 2.18. The predicted molar refractivity (Wildman–Crippen MR) is 51.5 cm³/mol. The van der Waals surface area contributed by atoms with Crippen LogP contribution in [0.15, 0.2) is 18.2 Å². The van der Waals surface area contributed by atoms with Gasteiger partial charge in [-0.25, -0.2) is 4.39 Å². The van der Waals surface area contributed by atoms with Crippen LogP contribution in [0.1, 0.15) is 18.4 Å². The number of hydrogen-bond donors (Lipinski definition) is 0. The molecule has 0 amide bonds. The molecule has 3 heteroatoms. The van der Waals surface area contributed by atoms with Crippen LogP contribution in [0.2, 0.25) is 0 Å². The van der Waals surface area contributed by atoms with Crippen molar-refractivity contribution in [1.29, 1.82) is 5.26 Å². The molecule has 0 fully saturated rings. The van der Waals surface area contributed by atoms with Crippen LogP contribution in [0.4, 0.5) is 4.39 Å². The third-order valence-electron chi connectivity index (χ3n) is 1.84. The number of aryl methyl sites for hydroxylation is 1. The molecule has 0 radical (unpaired) electrons. The Morgan fingerprint density at radius 2 is 2.29 bits per heavy atom. The van der Waals surface area contributed by atoms with Gasteiger partial charge in [-0.15, -0.1) is 0 Å². The largest absolute Gasteiger partial charge is 0.493 e. The topological polar surface area (TPSA) is 33.0 Å². The van der Waals surface area contributed by atoms with E-state index in [0.717, 1.165) is 0 Å². The van der Waals surface area contributed by atoms with E-state index in [-0.39, 0.29) is 5.82 Å². The fourth-order valence-electron chi connectivity index (χ4n) is 1.00. The zero-order chi connectivity index (χ0) is 10.4. The van der Waals surface area contributed by atoms with E-state index in [1.807, 2.05) is 6.07 Å². The van der Waals surface area contributed by atoms with E-state index in [1.165, 1.54) is 6.07 Å². The minimum atomic E-state index is -0.261. The molecule has 0 unspecified atom stereocenters. The Kier molecular flexibility index (Phi) is 3.93. The number of unbranched alkanes of at least 4 members (excludes halogenated alkanes) is 1. The molecule has 0 aromatic heterocycles. The van der Waals surface area contributed by atoms with Crippen LogP contribution in [0.5, 0.6) is 5.75 Å². The highest BCUT2D eigenvalue weighted by atomic mass is 19.1. The summed E-state index contributed by atoms with van der Waals surface area (Å²) in [6.45, 7) is 2.16. The maximum absolute atomic E-state index is 13.0. The number of nitriles is 1. The summed E-state index contributed by atoms with van der Waals surface area (Å²) in [4.78, 5) is 0. The number of benzene rings is 1. The van der Waals surface area contributed by atoms with Crippen molar-refractivity contribution in [3.63, 3.8) is 0 Å². The van der Waals surface area contributed by atoms with Gasteiger partial charge in [0, 0.05) is 12.5 Å². The molecular weight excluding hydrogens is 181 g/mol. The first-order chi connectivity index (χ1) is 6.74. The van der Waals surface area contributed by atoms with Gasteiger partial charge in [-0.3, -0.25) is 0 Å². The highest BCUT2D eigenvalue weighted by molar-refractivity contribution is 5.27. The lowest BCUT2D eigenvalue weighted by Crippen LogP contribution is -1.97. The Labute approximate surface area is 82.9 Å². The summed E-state index contributed by atoms with van der Waals surface area (Å²) in [5, 5.41) is 8.28. The Hall–Kier alpha value is -1.56. The van der Waals surface area contributed by atoms with Crippen LogP contribution in [-0.4, -0.2) is 6.61 Å². The molecule has 2 nitrogen and oxygen atoms in total. The summed E-state index contributed by atoms with van der Waals surface area (Å²) in [6.07, 6.45) is 1.14. The lowest BCUT2D eigenvalue weighted by atomic mass is 10.2. The van der Waals surface area contributed by atoms with Crippen LogP contribution in [0, 0.1) is 24.1 Å². The summed E-state index contributed by atoms with van der Waals surface area (Å²) in [7, 11) is 0. The maximum atomic E-state index is 13.0. The molecule has 0 atom stereocenters. The van der Waals surface area contributed by atoms with Crippen molar-refractivity contribution in [2.24, 2.45) is 0 Å². The van der Waals surface area contributed by atoms with Gasteiger partial charge in [-0.1, -0.05) is 6.07 Å². The van der Waals surface area contributed by atoms with E-state index in [9.17, 15) is 4.39 Å². The minimum absolute atomic E-state index is 0.261. The summed E-state index contributed by atoms with van der Waals surface area (Å²) in [6, 6.07) is 6.79. The first-order valence-corrected chi connectivity index (χ1v) is 4.50. The third kappa shape index (κ3) is 3.06. The van der Waals surface area contributed by atoms with Crippen molar-refractivity contribution in [3.05, 3.63) is 29.6 Å². The smallest absolute Gasteiger partial charge is 0.129 e. The fraction of sp³-hybridized carbons (Fsp3) is 0.364. The van der Waals surface area contributed by atoms with Crippen LogP contribution < -0.4 is 4.74 Å². The lowest BCUT2D eigenvalue weighted by molar-refractivity contribution is 0.311. The molecule has 14 heavy (non-hydrogen) atoms. The van der Waals surface area contributed by atoms with E-state index in [2.05, 4.69) is 0 Å². The molecule has 1 aromatic carbocycles. The average molecular weight is 193 g/mol. The van der Waals surface area contributed by atoms with E-state index in [1.54, 1.807) is 19.1 Å². The summed E-state index contributed by atoms with van der Waals surface area (Å²) < 4.78 is 18.3. The van der Waals surface area contributed by atoms with Gasteiger partial charge in [-0.05, 0) is 25.0 Å². The molecular formula is C11H12FNO. The number of rotatable bonds is 4. The normalized spacial score (nSPS) is 9.50. The van der Waals surface area contributed by atoms with E-state index < -0.39 is 0 Å². The minimum Gasteiger partial charge on any atom is -0.493 e. The predicted octanol–water partition coefficient (Wildman–Crippen LogP) is 2.82. The van der Waals surface area contributed by atoms with Crippen LogP contribution in [-0.2, 0) is 0 Å². The zero-order valence-corrected chi connectivity index (χ0v) is 8.09. The van der Waals surface area contributed by atoms with Gasteiger partial charge in [-0.2, -0.15) is 5.26 Å². The standard InChI is InChI=1S/C11H12FNO/c1-9-4-5-10(8-11(9)12)14-7-3-2-6-13/h4-5,8H,2-3,7H2,1H3. The zero-order valence-electron chi connectivity index (χ0n) is 8.09. The Bertz CT molecular complexity index is 344. The molecule has 1 rings (SSSR count). The molecule has 0 saturated heterocycles. The van der Waals surface area contributed by atoms with Crippen molar-refractivity contribution in [3.8, 4) is 11.8 Å². The molecule has 0 aliphatic heterocycles. The van der Waals surface area contributed by atoms with E-state index in [0.29, 0.717) is 30.8 Å². The van der Waals surface area contributed by atoms with Gasteiger partial charge in [0.05, 0.1) is 12.7 Å². The SMILES string of the molecule is Cc1ccc(OCCCC#N)cc1F. The van der Waals surface area contributed by atoms with Gasteiger partial charge in [0.15, 0.2) is 0 Å². The number of ether oxygens (including phenoxy) is 1. The molecule has 0 aliphatic carbocycles. The van der Waals surface area contributed by atoms with Gasteiger partial charge >= 0.3 is 0 Å². The van der Waals surface area contributed by atoms with Crippen LogP contribution in [0.3, 0.4) is 0 Å². The van der Waals surface area contributed by atoms with E-state index in [4.69, 9.17) is 10.00 Å². The third-order valence-corrected chi connectivity index (χ3v) is 1.84. The molecule has 1 aromatic rings. The van der Waals surface area contributed by atoms with Crippen molar-refractivity contribution in [2.75, 3.05) is 6.61 Å². The van der Waals surface area contributed by atoms with Gasteiger partial charge in [0.1, 0.15) is 11.6 Å². The molecule has 0 spiro atoms. The second-order valence-electron chi connectivity index (χ2n) is 3.02. The lowest BCUT2D eigenvalue weighted by Gasteiger charge is -2.05. The first-order valence-electron chi connectivity index (χ1n) is 4.50. The quantitative estimate of drug-likeness (QED) is 0.689. The highest BCUT2D eigenvalue weighted by Gasteiger charge is 1.99. The highest BCUT2D eigenvalue weighted by Crippen LogP contribution is 2.15. The fourth-order valence-corrected chi connectivity index (χ4v) is 1.00. The van der Waals surface area contributed by atoms with Crippen LogP contribution in [0.25, 0.3) is 0 Å². The van der Waals surface area contributed by atoms with Crippen molar-refractivity contribution in [2.45, 2.75) is 19.8 Å². The van der Waals surface area contributed by atoms with Gasteiger partial charge in [0.2, 0.25) is 0 Å². The first kappa shape index (κ1) is 10.5. The van der Waals surface area contributed by atoms with Crippen molar-refractivity contribution < 1.29 is 9.13 Å². The monoisotopic (exact) mass is 193 g/mol. The summed E-state index contributed by atoms with van der Waals surface area (Å²) in [5.74, 6) is 0.258. The second kappa shape index (κ2) is 5.23. The Morgan fingerprint density at radius 3 is 2.93 bits per heavy atom. The summed E-state index contributed by atoms with van der Waals surface area (Å²) in [5.41, 5.74) is 0.606. The van der Waals surface area contributed by atoms with Gasteiger partial charge < -0.3 is 4.74 Å². The number of nitrogens with zero attached hydrogens (tertiary/aromatic N) is 1. The molecule has 74 valence electrons. The molecule has 0 N–H and O–H groups in total. The molecule has 0 saturated carbocycles. The van der Waals surface area contributed by atoms with Crippen LogP contribution >= 0.6 is 0 Å². The molecule has 0 aliphatic rings. The Morgan fingerprint density at radius 1 is 1.50 bits per heavy atom. The molecule has 0 heterocycles.